The lowest BCUT2D eigenvalue weighted by atomic mass is 10.3. The van der Waals surface area contributed by atoms with Gasteiger partial charge in [0.1, 0.15) is 0 Å². The second-order valence-electron chi connectivity index (χ2n) is 2.48. The normalized spacial score (nSPS) is 9.33. The van der Waals surface area contributed by atoms with Crippen LogP contribution in [0.1, 0.15) is 6.42 Å². The van der Waals surface area contributed by atoms with Crippen LogP contribution in [0.25, 0.3) is 0 Å². The molecule has 0 amide bonds. The largest absolute Gasteiger partial charge is 0.320 e. The summed E-state index contributed by atoms with van der Waals surface area (Å²) in [6.45, 7) is 2.42. The Hall–Kier alpha value is -1.10. The van der Waals surface area contributed by atoms with E-state index in [1.54, 1.807) is 0 Å². The molecule has 0 aliphatic heterocycles. The smallest absolute Gasteiger partial charge is 0.0874 e. The molecule has 0 aliphatic rings. The number of rotatable bonds is 6. The molecule has 0 rings (SSSR count). The molecular formula is C8H14N4. The Morgan fingerprint density at radius 2 is 1.83 bits per heavy atom. The quantitative estimate of drug-likeness (QED) is 0.443. The first-order valence-corrected chi connectivity index (χ1v) is 3.96. The molecule has 0 atom stereocenters. The van der Waals surface area contributed by atoms with E-state index in [4.69, 9.17) is 10.5 Å². The van der Waals surface area contributed by atoms with Crippen molar-refractivity contribution in [3.05, 3.63) is 0 Å². The molecule has 0 aliphatic carbocycles. The molecule has 0 radical (unpaired) electrons. The second-order valence-corrected chi connectivity index (χ2v) is 2.48. The van der Waals surface area contributed by atoms with Crippen LogP contribution < -0.4 is 5.32 Å². The van der Waals surface area contributed by atoms with E-state index in [1.165, 1.54) is 0 Å². The minimum atomic E-state index is 0.345. The van der Waals surface area contributed by atoms with Crippen molar-refractivity contribution in [2.75, 3.05) is 33.2 Å². The Morgan fingerprint density at radius 3 is 2.25 bits per heavy atom. The minimum Gasteiger partial charge on any atom is -0.320 e. The number of hydrogen-bond donors (Lipinski definition) is 1. The van der Waals surface area contributed by atoms with Gasteiger partial charge in [-0.2, -0.15) is 10.5 Å². The maximum Gasteiger partial charge on any atom is 0.0874 e. The third-order valence-electron chi connectivity index (χ3n) is 1.49. The summed E-state index contributed by atoms with van der Waals surface area (Å²) >= 11 is 0. The van der Waals surface area contributed by atoms with E-state index in [-0.39, 0.29) is 0 Å². The van der Waals surface area contributed by atoms with Gasteiger partial charge in [-0.15, -0.1) is 0 Å². The molecule has 0 fully saturated rings. The molecule has 0 unspecified atom stereocenters. The van der Waals surface area contributed by atoms with Crippen LogP contribution in [0.4, 0.5) is 0 Å². The minimum absolute atomic E-state index is 0.345. The van der Waals surface area contributed by atoms with Gasteiger partial charge >= 0.3 is 0 Å². The molecule has 0 aromatic heterocycles. The average Bonchev–Trinajstić information content (AvgIpc) is 2.06. The lowest BCUT2D eigenvalue weighted by molar-refractivity contribution is 0.336. The van der Waals surface area contributed by atoms with Crippen molar-refractivity contribution in [2.24, 2.45) is 0 Å². The molecule has 0 saturated carbocycles. The predicted molar refractivity (Wildman–Crippen MR) is 46.2 cm³/mol. The summed E-state index contributed by atoms with van der Waals surface area (Å²) in [5.74, 6) is 0. The highest BCUT2D eigenvalue weighted by Crippen LogP contribution is 1.88. The van der Waals surface area contributed by atoms with Gasteiger partial charge in [-0.3, -0.25) is 4.90 Å². The lowest BCUT2D eigenvalue weighted by Crippen LogP contribution is -2.27. The van der Waals surface area contributed by atoms with E-state index in [2.05, 4.69) is 5.32 Å². The summed E-state index contributed by atoms with van der Waals surface area (Å²) in [6, 6.07) is 4.07. The summed E-state index contributed by atoms with van der Waals surface area (Å²) in [5.41, 5.74) is 0. The summed E-state index contributed by atoms with van der Waals surface area (Å²) in [7, 11) is 1.89. The van der Waals surface area contributed by atoms with E-state index in [1.807, 2.05) is 24.1 Å². The van der Waals surface area contributed by atoms with Gasteiger partial charge in [0.25, 0.3) is 0 Å². The zero-order chi connectivity index (χ0) is 9.23. The summed E-state index contributed by atoms with van der Waals surface area (Å²) in [6.07, 6.45) is 0.972. The van der Waals surface area contributed by atoms with Gasteiger partial charge in [0.2, 0.25) is 0 Å². The van der Waals surface area contributed by atoms with Gasteiger partial charge in [-0.1, -0.05) is 0 Å². The van der Waals surface area contributed by atoms with Crippen molar-refractivity contribution >= 4 is 0 Å². The number of nitrogens with zero attached hydrogens (tertiary/aromatic N) is 3. The summed E-state index contributed by atoms with van der Waals surface area (Å²) in [5, 5.41) is 19.8. The molecule has 0 aromatic rings. The van der Waals surface area contributed by atoms with Gasteiger partial charge < -0.3 is 5.32 Å². The Morgan fingerprint density at radius 1 is 1.25 bits per heavy atom. The van der Waals surface area contributed by atoms with Crippen LogP contribution in [0.15, 0.2) is 0 Å². The summed E-state index contributed by atoms with van der Waals surface area (Å²) in [4.78, 5) is 1.83. The average molecular weight is 166 g/mol. The maximum atomic E-state index is 8.40. The van der Waals surface area contributed by atoms with Crippen molar-refractivity contribution < 1.29 is 0 Å². The molecule has 12 heavy (non-hydrogen) atoms. The molecule has 4 nitrogen and oxygen atoms in total. The van der Waals surface area contributed by atoms with Gasteiger partial charge in [-0.05, 0) is 20.0 Å². The first-order valence-electron chi connectivity index (χ1n) is 3.96. The summed E-state index contributed by atoms with van der Waals surface area (Å²) < 4.78 is 0. The standard InChI is InChI=1S/C8H14N4/c1-11-5-2-6-12(7-3-9)8-4-10/h11H,2,5-8H2,1H3. The highest BCUT2D eigenvalue weighted by atomic mass is 15.1. The molecule has 66 valence electrons. The van der Waals surface area contributed by atoms with Crippen LogP contribution >= 0.6 is 0 Å². The van der Waals surface area contributed by atoms with E-state index in [0.717, 1.165) is 19.5 Å². The highest BCUT2D eigenvalue weighted by molar-refractivity contribution is 4.83. The van der Waals surface area contributed by atoms with Crippen LogP contribution in [0, 0.1) is 22.7 Å². The van der Waals surface area contributed by atoms with Gasteiger partial charge in [0.05, 0.1) is 25.2 Å². The molecule has 0 aromatic carbocycles. The molecule has 4 heteroatoms. The molecule has 0 spiro atoms. The molecular weight excluding hydrogens is 152 g/mol. The third-order valence-corrected chi connectivity index (χ3v) is 1.49. The van der Waals surface area contributed by atoms with E-state index >= 15 is 0 Å². The number of nitriles is 2. The van der Waals surface area contributed by atoms with Crippen molar-refractivity contribution in [1.29, 1.82) is 10.5 Å². The highest BCUT2D eigenvalue weighted by Gasteiger charge is 2.01. The monoisotopic (exact) mass is 166 g/mol. The Balaban J connectivity index is 3.51. The second kappa shape index (κ2) is 8.00. The van der Waals surface area contributed by atoms with Crippen molar-refractivity contribution in [3.63, 3.8) is 0 Å². The van der Waals surface area contributed by atoms with Crippen molar-refractivity contribution in [1.82, 2.24) is 10.2 Å². The van der Waals surface area contributed by atoms with Crippen molar-refractivity contribution in [3.8, 4) is 12.1 Å². The van der Waals surface area contributed by atoms with Crippen LogP contribution in [-0.2, 0) is 0 Å². The SMILES string of the molecule is CNCCCN(CC#N)CC#N. The predicted octanol–water partition coefficient (Wildman–Crippen LogP) is -0.0549. The third kappa shape index (κ3) is 5.67. The zero-order valence-corrected chi connectivity index (χ0v) is 7.38. The molecule has 0 heterocycles. The van der Waals surface area contributed by atoms with E-state index in [0.29, 0.717) is 13.1 Å². The fourth-order valence-electron chi connectivity index (χ4n) is 0.893. The number of hydrogen-bond acceptors (Lipinski definition) is 4. The van der Waals surface area contributed by atoms with Crippen molar-refractivity contribution in [2.45, 2.75) is 6.42 Å². The fraction of sp³-hybridized carbons (Fsp3) is 0.750. The van der Waals surface area contributed by atoms with Gasteiger partial charge in [0, 0.05) is 6.54 Å². The van der Waals surface area contributed by atoms with Crippen LogP contribution in [0.3, 0.4) is 0 Å². The zero-order valence-electron chi connectivity index (χ0n) is 7.38. The van der Waals surface area contributed by atoms with Crippen LogP contribution in [-0.4, -0.2) is 38.1 Å². The molecule has 0 saturated heterocycles. The first kappa shape index (κ1) is 10.9. The Labute approximate surface area is 73.4 Å². The van der Waals surface area contributed by atoms with Crippen LogP contribution in [0.5, 0.6) is 0 Å². The maximum absolute atomic E-state index is 8.40. The van der Waals surface area contributed by atoms with E-state index in [9.17, 15) is 0 Å². The van der Waals surface area contributed by atoms with Gasteiger partial charge in [-0.25, -0.2) is 0 Å². The topological polar surface area (TPSA) is 62.9 Å². The Kier molecular flexibility index (Phi) is 7.27. The molecule has 1 N–H and O–H groups in total. The van der Waals surface area contributed by atoms with Crippen LogP contribution in [0.2, 0.25) is 0 Å². The first-order chi connectivity index (χ1) is 5.85. The number of nitrogens with one attached hydrogen (secondary N) is 1. The fourth-order valence-corrected chi connectivity index (χ4v) is 0.893. The Bertz CT molecular complexity index is 160. The van der Waals surface area contributed by atoms with Gasteiger partial charge in [0.15, 0.2) is 0 Å². The molecule has 0 bridgehead atoms. The van der Waals surface area contributed by atoms with E-state index < -0.39 is 0 Å². The lowest BCUT2D eigenvalue weighted by Gasteiger charge is -2.14.